The van der Waals surface area contributed by atoms with Crippen molar-refractivity contribution in [3.63, 3.8) is 0 Å². The molecule has 9 heteroatoms. The maximum absolute atomic E-state index is 14.3. The number of hydrogen-bond acceptors (Lipinski definition) is 7. The molecule has 0 radical (unpaired) electrons. The molecule has 0 spiro atoms. The summed E-state index contributed by atoms with van der Waals surface area (Å²) in [5.41, 5.74) is 0.0406. The highest BCUT2D eigenvalue weighted by molar-refractivity contribution is 9.10. The van der Waals surface area contributed by atoms with Crippen molar-refractivity contribution >= 4 is 32.7 Å². The minimum absolute atomic E-state index is 0.0849. The van der Waals surface area contributed by atoms with E-state index in [1.807, 2.05) is 0 Å². The quantitative estimate of drug-likeness (QED) is 0.583. The number of piperidine rings is 1. The Hall–Kier alpha value is -2.49. The van der Waals surface area contributed by atoms with Crippen LogP contribution in [0.5, 0.6) is 11.6 Å². The van der Waals surface area contributed by atoms with Crippen molar-refractivity contribution in [3.8, 4) is 11.6 Å². The summed E-state index contributed by atoms with van der Waals surface area (Å²) in [7, 11) is 1.50. The van der Waals surface area contributed by atoms with Gasteiger partial charge in [-0.1, -0.05) is 22.0 Å². The smallest absolute Gasteiger partial charge is 0.232 e. The summed E-state index contributed by atoms with van der Waals surface area (Å²) in [6, 6.07) is 10.1. The van der Waals surface area contributed by atoms with Gasteiger partial charge < -0.3 is 24.6 Å². The first kappa shape index (κ1) is 20.8. The highest BCUT2D eigenvalue weighted by Crippen LogP contribution is 2.31. The molecule has 1 aliphatic rings. The number of anilines is 1. The molecule has 2 N–H and O–H groups in total. The summed E-state index contributed by atoms with van der Waals surface area (Å²) >= 11 is 3.24. The van der Waals surface area contributed by atoms with E-state index < -0.39 is 11.7 Å². The molecule has 1 aliphatic heterocycles. The molecule has 7 nitrogen and oxygen atoms in total. The van der Waals surface area contributed by atoms with E-state index in [9.17, 15) is 14.6 Å². The molecule has 30 heavy (non-hydrogen) atoms. The second-order valence-electron chi connectivity index (χ2n) is 7.24. The maximum atomic E-state index is 14.3. The largest absolute Gasteiger partial charge is 0.488 e. The summed E-state index contributed by atoms with van der Waals surface area (Å²) in [5, 5.41) is 21.6. The molecule has 0 saturated carbocycles. The van der Waals surface area contributed by atoms with E-state index in [1.54, 1.807) is 35.2 Å². The molecular weight excluding hydrogens is 457 g/mol. The average Bonchev–Trinajstić information content (AvgIpc) is 2.74. The number of aliphatic hydroxyl groups is 2. The van der Waals surface area contributed by atoms with Gasteiger partial charge in [-0.2, -0.15) is 0 Å². The minimum atomic E-state index is -1.48. The van der Waals surface area contributed by atoms with Crippen LogP contribution in [-0.2, 0) is 0 Å². The van der Waals surface area contributed by atoms with Crippen LogP contribution >= 0.6 is 15.9 Å². The Balaban J connectivity index is 1.49. The van der Waals surface area contributed by atoms with Crippen LogP contribution in [0.4, 0.5) is 10.1 Å². The number of benzene rings is 2. The van der Waals surface area contributed by atoms with Crippen LogP contribution in [0, 0.1) is 5.82 Å². The van der Waals surface area contributed by atoms with Gasteiger partial charge in [0.2, 0.25) is 5.88 Å². The van der Waals surface area contributed by atoms with Gasteiger partial charge in [0.1, 0.15) is 35.4 Å². The summed E-state index contributed by atoms with van der Waals surface area (Å²) in [6.45, 7) is 0.322. The van der Waals surface area contributed by atoms with Crippen molar-refractivity contribution in [1.82, 2.24) is 9.97 Å². The third kappa shape index (κ3) is 4.05. The molecule has 3 aromatic rings. The molecule has 158 valence electrons. The van der Waals surface area contributed by atoms with Crippen LogP contribution < -0.4 is 14.4 Å². The lowest BCUT2D eigenvalue weighted by molar-refractivity contribution is -0.108. The maximum Gasteiger partial charge on any atom is 0.232 e. The van der Waals surface area contributed by atoms with Crippen molar-refractivity contribution in [2.75, 3.05) is 31.7 Å². The molecule has 1 fully saturated rings. The van der Waals surface area contributed by atoms with Crippen molar-refractivity contribution < 1.29 is 24.1 Å². The van der Waals surface area contributed by atoms with Crippen molar-refractivity contribution in [1.29, 1.82) is 0 Å². The van der Waals surface area contributed by atoms with Gasteiger partial charge in [0.25, 0.3) is 0 Å². The number of nitrogens with zero attached hydrogens (tertiary/aromatic N) is 3. The number of halogens is 2. The van der Waals surface area contributed by atoms with Gasteiger partial charge in [-0.05, 0) is 36.8 Å². The Labute approximate surface area is 181 Å². The Bertz CT molecular complexity index is 1070. The van der Waals surface area contributed by atoms with E-state index in [0.29, 0.717) is 39.4 Å². The zero-order valence-electron chi connectivity index (χ0n) is 16.3. The third-order valence-electron chi connectivity index (χ3n) is 5.28. The Kier molecular flexibility index (Phi) is 5.77. The fraction of sp³-hybridized carbons (Fsp3) is 0.333. The number of methoxy groups -OCH3 is 1. The van der Waals surface area contributed by atoms with E-state index in [1.165, 1.54) is 19.4 Å². The lowest BCUT2D eigenvalue weighted by Gasteiger charge is -2.42. The second kappa shape index (κ2) is 8.33. The predicted molar refractivity (Wildman–Crippen MR) is 113 cm³/mol. The summed E-state index contributed by atoms with van der Waals surface area (Å²) in [4.78, 5) is 10.4. The zero-order chi connectivity index (χ0) is 21.3. The molecule has 2 atom stereocenters. The van der Waals surface area contributed by atoms with Crippen molar-refractivity contribution in [2.45, 2.75) is 18.1 Å². The summed E-state index contributed by atoms with van der Waals surface area (Å²) in [6.07, 6.45) is 0.606. The first-order valence-electron chi connectivity index (χ1n) is 9.42. The lowest BCUT2D eigenvalue weighted by atomic mass is 9.89. The molecule has 0 amide bonds. The van der Waals surface area contributed by atoms with Crippen LogP contribution in [0.2, 0.25) is 0 Å². The van der Waals surface area contributed by atoms with Crippen LogP contribution in [0.15, 0.2) is 47.1 Å². The van der Waals surface area contributed by atoms with E-state index in [2.05, 4.69) is 25.9 Å². The van der Waals surface area contributed by atoms with Gasteiger partial charge in [-0.3, -0.25) is 0 Å². The third-order valence-corrected chi connectivity index (χ3v) is 5.77. The topological polar surface area (TPSA) is 87.9 Å². The number of aromatic nitrogens is 2. The Morgan fingerprint density at radius 3 is 2.90 bits per heavy atom. The molecule has 2 aromatic carbocycles. The molecule has 1 aromatic heterocycles. The summed E-state index contributed by atoms with van der Waals surface area (Å²) < 4.78 is 25.9. The Morgan fingerprint density at radius 2 is 2.17 bits per heavy atom. The molecule has 0 aliphatic carbocycles. The predicted octanol–water partition coefficient (Wildman–Crippen LogP) is 2.92. The number of β-amino-alcohol motifs (C(OH)–C–C–N with tert-alkyl or cyclic N) is 1. The highest BCUT2D eigenvalue weighted by Gasteiger charge is 2.42. The van der Waals surface area contributed by atoms with Crippen molar-refractivity contribution in [2.24, 2.45) is 0 Å². The number of fused-ring (bicyclic) bond motifs is 1. The SMILES string of the molecule is COc1cnc2cccc(OC[C@]3(O)CCN(c4ccc(Br)cc4F)C[C@H]3O)c2n1. The summed E-state index contributed by atoms with van der Waals surface area (Å²) in [5.74, 6) is 0.393. The average molecular weight is 478 g/mol. The van der Waals surface area contributed by atoms with Gasteiger partial charge in [0.05, 0.1) is 24.5 Å². The normalized spacial score (nSPS) is 21.6. The van der Waals surface area contributed by atoms with Gasteiger partial charge in [-0.25, -0.2) is 14.4 Å². The van der Waals surface area contributed by atoms with Gasteiger partial charge in [-0.15, -0.1) is 0 Å². The lowest BCUT2D eigenvalue weighted by Crippen LogP contribution is -2.58. The number of hydrogen-bond donors (Lipinski definition) is 2. The van der Waals surface area contributed by atoms with Gasteiger partial charge in [0, 0.05) is 17.6 Å². The molecule has 4 rings (SSSR count). The minimum Gasteiger partial charge on any atom is -0.488 e. The molecule has 0 bridgehead atoms. The van der Waals surface area contributed by atoms with Crippen LogP contribution in [0.1, 0.15) is 6.42 Å². The van der Waals surface area contributed by atoms with E-state index in [-0.39, 0.29) is 25.4 Å². The monoisotopic (exact) mass is 477 g/mol. The van der Waals surface area contributed by atoms with Gasteiger partial charge >= 0.3 is 0 Å². The molecule has 1 saturated heterocycles. The fourth-order valence-electron chi connectivity index (χ4n) is 3.50. The number of aliphatic hydroxyl groups excluding tert-OH is 1. The first-order chi connectivity index (χ1) is 14.4. The van der Waals surface area contributed by atoms with Crippen molar-refractivity contribution in [3.05, 3.63) is 52.9 Å². The highest BCUT2D eigenvalue weighted by atomic mass is 79.9. The fourth-order valence-corrected chi connectivity index (χ4v) is 3.83. The van der Waals surface area contributed by atoms with Crippen LogP contribution in [-0.4, -0.2) is 58.7 Å². The number of para-hydroxylation sites is 1. The second-order valence-corrected chi connectivity index (χ2v) is 8.15. The van der Waals surface area contributed by atoms with E-state index in [4.69, 9.17) is 9.47 Å². The molecule has 2 heterocycles. The Morgan fingerprint density at radius 1 is 1.33 bits per heavy atom. The standard InChI is InChI=1S/C21H21BrFN3O4/c1-29-19-10-24-15-3-2-4-17(20(15)25-19)30-12-21(28)7-8-26(11-18(21)27)16-6-5-13(22)9-14(16)23/h2-6,9-10,18,27-28H,7-8,11-12H2,1H3/t18-,21-/m1/s1. The molecular formula is C21H21BrFN3O4. The van der Waals surface area contributed by atoms with E-state index in [0.717, 1.165) is 0 Å². The van der Waals surface area contributed by atoms with E-state index >= 15 is 0 Å². The van der Waals surface area contributed by atoms with Crippen LogP contribution in [0.3, 0.4) is 0 Å². The number of ether oxygens (including phenoxy) is 2. The molecule has 0 unspecified atom stereocenters. The van der Waals surface area contributed by atoms with Crippen LogP contribution in [0.25, 0.3) is 11.0 Å². The first-order valence-corrected chi connectivity index (χ1v) is 10.2. The zero-order valence-corrected chi connectivity index (χ0v) is 17.8. The van der Waals surface area contributed by atoms with Gasteiger partial charge in [0.15, 0.2) is 0 Å². The number of rotatable bonds is 5.